The van der Waals surface area contributed by atoms with E-state index in [-0.39, 0.29) is 17.9 Å². The number of aliphatic carboxylic acids is 1. The molecule has 0 radical (unpaired) electrons. The molecule has 1 N–H and O–H groups in total. The van der Waals surface area contributed by atoms with E-state index >= 15 is 0 Å². The van der Waals surface area contributed by atoms with Crippen LogP contribution in [0.5, 0.6) is 0 Å². The Bertz CT molecular complexity index is 428. The lowest BCUT2D eigenvalue weighted by Crippen LogP contribution is -2.48. The molecule has 5 heteroatoms. The highest BCUT2D eigenvalue weighted by atomic mass is 19.1. The van der Waals surface area contributed by atoms with Crippen molar-refractivity contribution in [2.45, 2.75) is 26.3 Å². The van der Waals surface area contributed by atoms with Gasteiger partial charge in [0.2, 0.25) is 0 Å². The first-order valence-electron chi connectivity index (χ1n) is 5.67. The standard InChI is InChI=1S/C13H16FNO3/c1-8(2)7-11(13(17)18)15-12(16)9-3-5-10(14)6-4-9/h3-6,8,11H,7H2,1-2H3,(H,15,16)(H,17,18)/p-1/t11-/m1/s1. The molecular formula is C13H15FNO3-. The molecule has 0 saturated heterocycles. The largest absolute Gasteiger partial charge is 0.548 e. The van der Waals surface area contributed by atoms with E-state index in [1.54, 1.807) is 0 Å². The predicted octanol–water partition coefficient (Wildman–Crippen LogP) is 0.720. The lowest BCUT2D eigenvalue weighted by atomic mass is 10.0. The summed E-state index contributed by atoms with van der Waals surface area (Å²) in [7, 11) is 0. The maximum absolute atomic E-state index is 12.7. The Morgan fingerprint density at radius 1 is 1.28 bits per heavy atom. The van der Waals surface area contributed by atoms with Gasteiger partial charge in [0.05, 0.1) is 12.0 Å². The van der Waals surface area contributed by atoms with Crippen molar-refractivity contribution in [2.75, 3.05) is 0 Å². The van der Waals surface area contributed by atoms with Crippen LogP contribution >= 0.6 is 0 Å². The fourth-order valence-electron chi connectivity index (χ4n) is 1.53. The van der Waals surface area contributed by atoms with Crippen molar-refractivity contribution in [3.63, 3.8) is 0 Å². The summed E-state index contributed by atoms with van der Waals surface area (Å²) in [5, 5.41) is 13.2. The molecule has 0 aliphatic rings. The Labute approximate surface area is 105 Å². The number of rotatable bonds is 5. The second-order valence-corrected chi connectivity index (χ2v) is 4.48. The van der Waals surface area contributed by atoms with E-state index in [9.17, 15) is 19.1 Å². The van der Waals surface area contributed by atoms with Gasteiger partial charge in [-0.05, 0) is 36.6 Å². The number of hydrogen-bond donors (Lipinski definition) is 1. The number of carboxylic acid groups (broad SMARTS) is 1. The van der Waals surface area contributed by atoms with Crippen molar-refractivity contribution < 1.29 is 19.1 Å². The molecule has 1 amide bonds. The number of carboxylic acids is 1. The average molecular weight is 252 g/mol. The van der Waals surface area contributed by atoms with E-state index in [1.807, 2.05) is 13.8 Å². The van der Waals surface area contributed by atoms with Crippen molar-refractivity contribution in [3.05, 3.63) is 35.6 Å². The fraction of sp³-hybridized carbons (Fsp3) is 0.385. The first-order chi connectivity index (χ1) is 8.40. The van der Waals surface area contributed by atoms with Crippen molar-refractivity contribution in [1.82, 2.24) is 5.32 Å². The number of halogens is 1. The number of carbonyl (C=O) groups excluding carboxylic acids is 2. The molecule has 1 atom stereocenters. The third kappa shape index (κ3) is 4.16. The second kappa shape index (κ2) is 6.14. The van der Waals surface area contributed by atoms with Gasteiger partial charge in [-0.3, -0.25) is 4.79 Å². The average Bonchev–Trinajstić information content (AvgIpc) is 2.28. The summed E-state index contributed by atoms with van der Waals surface area (Å²) in [6, 6.07) is 3.85. The molecule has 1 rings (SSSR count). The van der Waals surface area contributed by atoms with Gasteiger partial charge in [0, 0.05) is 5.56 Å². The molecule has 4 nitrogen and oxygen atoms in total. The number of amides is 1. The molecule has 0 fully saturated rings. The molecule has 0 heterocycles. The first kappa shape index (κ1) is 14.2. The van der Waals surface area contributed by atoms with Crippen LogP contribution in [0.15, 0.2) is 24.3 Å². The second-order valence-electron chi connectivity index (χ2n) is 4.48. The van der Waals surface area contributed by atoms with Crippen LogP contribution in [-0.2, 0) is 4.79 Å². The minimum absolute atomic E-state index is 0.112. The lowest BCUT2D eigenvalue weighted by Gasteiger charge is -2.21. The molecule has 18 heavy (non-hydrogen) atoms. The van der Waals surface area contributed by atoms with E-state index in [2.05, 4.69) is 5.32 Å². The van der Waals surface area contributed by atoms with Crippen LogP contribution in [-0.4, -0.2) is 17.9 Å². The van der Waals surface area contributed by atoms with Crippen molar-refractivity contribution in [1.29, 1.82) is 0 Å². The molecule has 0 aliphatic heterocycles. The summed E-state index contributed by atoms with van der Waals surface area (Å²) in [5.74, 6) is -2.21. The van der Waals surface area contributed by atoms with Crippen LogP contribution in [0.2, 0.25) is 0 Å². The van der Waals surface area contributed by atoms with Crippen LogP contribution in [0.3, 0.4) is 0 Å². The van der Waals surface area contributed by atoms with Crippen LogP contribution in [0.4, 0.5) is 4.39 Å². The Hall–Kier alpha value is -1.91. The number of benzene rings is 1. The Morgan fingerprint density at radius 3 is 2.28 bits per heavy atom. The van der Waals surface area contributed by atoms with E-state index in [0.717, 1.165) is 12.1 Å². The minimum Gasteiger partial charge on any atom is -0.548 e. The Balaban J connectivity index is 2.72. The van der Waals surface area contributed by atoms with Gasteiger partial charge in [0.15, 0.2) is 0 Å². The zero-order chi connectivity index (χ0) is 13.7. The third-order valence-corrected chi connectivity index (χ3v) is 2.40. The summed E-state index contributed by atoms with van der Waals surface area (Å²) in [6.45, 7) is 3.69. The van der Waals surface area contributed by atoms with Crippen molar-refractivity contribution in [2.24, 2.45) is 5.92 Å². The third-order valence-electron chi connectivity index (χ3n) is 2.40. The predicted molar refractivity (Wildman–Crippen MR) is 62.1 cm³/mol. The van der Waals surface area contributed by atoms with E-state index in [1.165, 1.54) is 12.1 Å². The van der Waals surface area contributed by atoms with E-state index in [0.29, 0.717) is 0 Å². The highest BCUT2D eigenvalue weighted by Crippen LogP contribution is 2.07. The minimum atomic E-state index is -1.32. The van der Waals surface area contributed by atoms with Crippen molar-refractivity contribution >= 4 is 11.9 Å². The van der Waals surface area contributed by atoms with Crippen LogP contribution in [0.25, 0.3) is 0 Å². The lowest BCUT2D eigenvalue weighted by molar-refractivity contribution is -0.308. The maximum Gasteiger partial charge on any atom is 0.251 e. The van der Waals surface area contributed by atoms with Gasteiger partial charge >= 0.3 is 0 Å². The summed E-state index contributed by atoms with van der Waals surface area (Å²) >= 11 is 0. The van der Waals surface area contributed by atoms with Crippen molar-refractivity contribution in [3.8, 4) is 0 Å². The van der Waals surface area contributed by atoms with Gasteiger partial charge in [0.1, 0.15) is 5.82 Å². The number of hydrogen-bond acceptors (Lipinski definition) is 3. The SMILES string of the molecule is CC(C)C[C@@H](NC(=O)c1ccc(F)cc1)C(=O)[O-]. The monoisotopic (exact) mass is 252 g/mol. The highest BCUT2D eigenvalue weighted by molar-refractivity contribution is 5.96. The molecular weight excluding hydrogens is 237 g/mol. The van der Waals surface area contributed by atoms with E-state index < -0.39 is 23.7 Å². The van der Waals surface area contributed by atoms with Gasteiger partial charge in [-0.25, -0.2) is 4.39 Å². The molecule has 1 aromatic rings. The fourth-order valence-corrected chi connectivity index (χ4v) is 1.53. The Kier molecular flexibility index (Phi) is 4.83. The summed E-state index contributed by atoms with van der Waals surface area (Å²) < 4.78 is 12.7. The zero-order valence-electron chi connectivity index (χ0n) is 10.3. The first-order valence-corrected chi connectivity index (χ1v) is 5.67. The highest BCUT2D eigenvalue weighted by Gasteiger charge is 2.16. The number of nitrogens with one attached hydrogen (secondary N) is 1. The quantitative estimate of drug-likeness (QED) is 0.839. The topological polar surface area (TPSA) is 69.2 Å². The van der Waals surface area contributed by atoms with E-state index in [4.69, 9.17) is 0 Å². The van der Waals surface area contributed by atoms with Crippen LogP contribution < -0.4 is 10.4 Å². The maximum atomic E-state index is 12.7. The van der Waals surface area contributed by atoms with Gasteiger partial charge in [-0.2, -0.15) is 0 Å². The van der Waals surface area contributed by atoms with Gasteiger partial charge in [-0.15, -0.1) is 0 Å². The van der Waals surface area contributed by atoms with Crippen LogP contribution in [0, 0.1) is 11.7 Å². The summed E-state index contributed by atoms with van der Waals surface area (Å²) in [4.78, 5) is 22.6. The molecule has 0 bridgehead atoms. The molecule has 0 aliphatic carbocycles. The molecule has 0 unspecified atom stereocenters. The molecule has 0 saturated carbocycles. The normalized spacial score (nSPS) is 12.2. The molecule has 0 aromatic heterocycles. The Morgan fingerprint density at radius 2 is 1.83 bits per heavy atom. The molecule has 98 valence electrons. The zero-order valence-corrected chi connectivity index (χ0v) is 10.3. The van der Waals surface area contributed by atoms with Crippen LogP contribution in [0.1, 0.15) is 30.6 Å². The smallest absolute Gasteiger partial charge is 0.251 e. The number of carbonyl (C=O) groups is 2. The van der Waals surface area contributed by atoms with Gasteiger partial charge in [-0.1, -0.05) is 13.8 Å². The molecule has 0 spiro atoms. The van der Waals surface area contributed by atoms with Gasteiger partial charge in [0.25, 0.3) is 5.91 Å². The molecule has 1 aromatic carbocycles. The van der Waals surface area contributed by atoms with Gasteiger partial charge < -0.3 is 15.2 Å². The summed E-state index contributed by atoms with van der Waals surface area (Å²) in [6.07, 6.45) is 0.287. The summed E-state index contributed by atoms with van der Waals surface area (Å²) in [5.41, 5.74) is 0.214.